The molecule has 0 aliphatic heterocycles. The second kappa shape index (κ2) is 4.53. The second-order valence-corrected chi connectivity index (χ2v) is 4.32. The smallest absolute Gasteiger partial charge is 0.192 e. The van der Waals surface area contributed by atoms with Crippen LogP contribution in [0, 0.1) is 0 Å². The number of ketones is 1. The van der Waals surface area contributed by atoms with Crippen molar-refractivity contribution in [3.8, 4) is 0 Å². The fourth-order valence-corrected chi connectivity index (χ4v) is 1.01. The first kappa shape index (κ1) is 12.3. The fraction of sp³-hybridized carbons (Fsp3) is 0.700. The van der Waals surface area contributed by atoms with Crippen molar-refractivity contribution in [2.45, 2.75) is 20.0 Å². The molecule has 13 heavy (non-hydrogen) atoms. The number of likely N-dealkylation sites (N-methyl/N-ethyl adjacent to an activating group) is 1. The maximum absolute atomic E-state index is 11.4. The van der Waals surface area contributed by atoms with Crippen LogP contribution in [-0.2, 0) is 4.79 Å². The van der Waals surface area contributed by atoms with Crippen molar-refractivity contribution < 1.29 is 14.4 Å². The number of aliphatic hydroxyl groups excluding tert-OH is 1. The van der Waals surface area contributed by atoms with E-state index in [2.05, 4.69) is 0 Å². The molecule has 0 heterocycles. The first-order valence-corrected chi connectivity index (χ1v) is 4.43. The molecule has 0 aromatic rings. The van der Waals surface area contributed by atoms with Gasteiger partial charge in [0.25, 0.3) is 0 Å². The molecular formula is C10H20NO2+. The molecule has 1 atom stereocenters. The molecule has 0 saturated carbocycles. The van der Waals surface area contributed by atoms with Gasteiger partial charge in [-0.3, -0.25) is 4.79 Å². The Balaban J connectivity index is 4.29. The third-order valence-corrected chi connectivity index (χ3v) is 1.84. The maximum Gasteiger partial charge on any atom is 0.192 e. The Morgan fingerprint density at radius 3 is 2.23 bits per heavy atom. The molecule has 0 amide bonds. The average molecular weight is 186 g/mol. The Labute approximate surface area is 80.3 Å². The van der Waals surface area contributed by atoms with Crippen LogP contribution in [0.4, 0.5) is 0 Å². The van der Waals surface area contributed by atoms with Crippen LogP contribution in [0.5, 0.6) is 0 Å². The molecular weight excluding hydrogens is 166 g/mol. The summed E-state index contributed by atoms with van der Waals surface area (Å²) >= 11 is 0. The molecule has 0 spiro atoms. The third kappa shape index (κ3) is 4.80. The van der Waals surface area contributed by atoms with Gasteiger partial charge in [0.2, 0.25) is 0 Å². The highest BCUT2D eigenvalue weighted by molar-refractivity contribution is 5.98. The van der Waals surface area contributed by atoms with Crippen LogP contribution in [0.3, 0.4) is 0 Å². The van der Waals surface area contributed by atoms with Crippen molar-refractivity contribution in [3.05, 3.63) is 11.6 Å². The monoisotopic (exact) mass is 186 g/mol. The summed E-state index contributed by atoms with van der Waals surface area (Å²) < 4.78 is 0.587. The molecule has 1 N–H and O–H groups in total. The zero-order valence-electron chi connectivity index (χ0n) is 9.16. The Hall–Kier alpha value is -0.670. The molecule has 0 saturated heterocycles. The largest absolute Gasteiger partial charge is 0.379 e. The van der Waals surface area contributed by atoms with E-state index in [9.17, 15) is 9.90 Å². The van der Waals surface area contributed by atoms with Crippen LogP contribution in [0.1, 0.15) is 13.8 Å². The van der Waals surface area contributed by atoms with Gasteiger partial charge in [0.1, 0.15) is 6.54 Å². The van der Waals surface area contributed by atoms with Crippen molar-refractivity contribution >= 4 is 5.78 Å². The highest BCUT2D eigenvalue weighted by Gasteiger charge is 2.22. The van der Waals surface area contributed by atoms with E-state index in [1.165, 1.54) is 0 Å². The lowest BCUT2D eigenvalue weighted by Crippen LogP contribution is -2.44. The normalized spacial score (nSPS) is 15.7. The number of aliphatic hydroxyl groups is 1. The standard InChI is InChI=1S/C10H20NO2/c1-6-8(2)10(13)9(12)7-11(3,4)5/h6,9,12H,7H2,1-5H3/q+1/b8-6+. The van der Waals surface area contributed by atoms with Gasteiger partial charge in [-0.15, -0.1) is 0 Å². The number of Topliss-reactive ketones (excluding diaryl/α,β-unsaturated/α-hetero) is 1. The summed E-state index contributed by atoms with van der Waals surface area (Å²) in [5.74, 6) is -0.171. The van der Waals surface area contributed by atoms with E-state index < -0.39 is 6.10 Å². The zero-order chi connectivity index (χ0) is 10.6. The summed E-state index contributed by atoms with van der Waals surface area (Å²) in [7, 11) is 5.84. The number of carbonyl (C=O) groups is 1. The lowest BCUT2D eigenvalue weighted by Gasteiger charge is -2.26. The molecule has 3 nitrogen and oxygen atoms in total. The van der Waals surface area contributed by atoms with E-state index >= 15 is 0 Å². The molecule has 0 aliphatic rings. The molecule has 3 heteroatoms. The predicted molar refractivity (Wildman–Crippen MR) is 53.3 cm³/mol. The quantitative estimate of drug-likeness (QED) is 0.515. The second-order valence-electron chi connectivity index (χ2n) is 4.32. The highest BCUT2D eigenvalue weighted by atomic mass is 16.3. The lowest BCUT2D eigenvalue weighted by atomic mass is 10.1. The van der Waals surface area contributed by atoms with Crippen molar-refractivity contribution in [3.63, 3.8) is 0 Å². The first-order chi connectivity index (χ1) is 5.78. The van der Waals surface area contributed by atoms with E-state index in [0.717, 1.165) is 0 Å². The third-order valence-electron chi connectivity index (χ3n) is 1.84. The number of hydrogen-bond acceptors (Lipinski definition) is 2. The molecule has 0 aliphatic carbocycles. The molecule has 1 unspecified atom stereocenters. The van der Waals surface area contributed by atoms with E-state index in [-0.39, 0.29) is 5.78 Å². The average Bonchev–Trinajstić information content (AvgIpc) is 1.98. The van der Waals surface area contributed by atoms with Crippen LogP contribution >= 0.6 is 0 Å². The van der Waals surface area contributed by atoms with Gasteiger partial charge in [-0.1, -0.05) is 6.08 Å². The van der Waals surface area contributed by atoms with Gasteiger partial charge in [-0.05, 0) is 19.4 Å². The van der Waals surface area contributed by atoms with Crippen LogP contribution in [0.15, 0.2) is 11.6 Å². The zero-order valence-corrected chi connectivity index (χ0v) is 9.16. The number of nitrogens with zero attached hydrogens (tertiary/aromatic N) is 1. The number of hydrogen-bond donors (Lipinski definition) is 1. The van der Waals surface area contributed by atoms with Crippen LogP contribution in [0.2, 0.25) is 0 Å². The summed E-state index contributed by atoms with van der Waals surface area (Å²) in [5, 5.41) is 9.55. The Bertz CT molecular complexity index is 213. The molecule has 0 rings (SSSR count). The summed E-state index contributed by atoms with van der Waals surface area (Å²) in [6, 6.07) is 0. The Morgan fingerprint density at radius 1 is 1.46 bits per heavy atom. The van der Waals surface area contributed by atoms with Crippen molar-refractivity contribution in [2.75, 3.05) is 27.7 Å². The van der Waals surface area contributed by atoms with Gasteiger partial charge >= 0.3 is 0 Å². The minimum atomic E-state index is -0.879. The molecule has 0 aromatic carbocycles. The minimum Gasteiger partial charge on any atom is -0.379 e. The summed E-state index contributed by atoms with van der Waals surface area (Å²) in [6.45, 7) is 3.97. The van der Waals surface area contributed by atoms with Gasteiger partial charge < -0.3 is 9.59 Å². The van der Waals surface area contributed by atoms with Gasteiger partial charge in [-0.25, -0.2) is 0 Å². The highest BCUT2D eigenvalue weighted by Crippen LogP contribution is 2.03. The number of rotatable bonds is 4. The van der Waals surface area contributed by atoms with Crippen molar-refractivity contribution in [1.29, 1.82) is 0 Å². The van der Waals surface area contributed by atoms with Crippen LogP contribution < -0.4 is 0 Å². The Morgan fingerprint density at radius 2 is 1.92 bits per heavy atom. The summed E-state index contributed by atoms with van der Waals surface area (Å²) in [6.07, 6.45) is 0.845. The minimum absolute atomic E-state index is 0.171. The number of allylic oxidation sites excluding steroid dienone is 1. The molecule has 0 fully saturated rings. The van der Waals surface area contributed by atoms with Crippen LogP contribution in [-0.4, -0.2) is 49.2 Å². The first-order valence-electron chi connectivity index (χ1n) is 4.43. The van der Waals surface area contributed by atoms with E-state index in [1.54, 1.807) is 19.9 Å². The molecule has 76 valence electrons. The molecule has 0 bridgehead atoms. The van der Waals surface area contributed by atoms with Crippen molar-refractivity contribution in [2.24, 2.45) is 0 Å². The van der Waals surface area contributed by atoms with Crippen LogP contribution in [0.25, 0.3) is 0 Å². The maximum atomic E-state index is 11.4. The Kier molecular flexibility index (Phi) is 4.30. The van der Waals surface area contributed by atoms with E-state index in [1.807, 2.05) is 21.1 Å². The van der Waals surface area contributed by atoms with Gasteiger partial charge in [-0.2, -0.15) is 0 Å². The van der Waals surface area contributed by atoms with Gasteiger partial charge in [0.15, 0.2) is 11.9 Å². The van der Waals surface area contributed by atoms with Crippen molar-refractivity contribution in [1.82, 2.24) is 0 Å². The van der Waals surface area contributed by atoms with E-state index in [0.29, 0.717) is 16.6 Å². The fourth-order valence-electron chi connectivity index (χ4n) is 1.01. The SMILES string of the molecule is C/C=C(\C)C(=O)C(O)C[N+](C)(C)C. The molecule has 0 radical (unpaired) electrons. The number of carbonyl (C=O) groups excluding carboxylic acids is 1. The summed E-state index contributed by atoms with van der Waals surface area (Å²) in [4.78, 5) is 11.4. The molecule has 0 aromatic heterocycles. The lowest BCUT2D eigenvalue weighted by molar-refractivity contribution is -0.872. The topological polar surface area (TPSA) is 37.3 Å². The summed E-state index contributed by atoms with van der Waals surface area (Å²) in [5.41, 5.74) is 0.626. The number of quaternary nitrogens is 1. The van der Waals surface area contributed by atoms with Gasteiger partial charge in [0, 0.05) is 0 Å². The van der Waals surface area contributed by atoms with Gasteiger partial charge in [0.05, 0.1) is 21.1 Å². The van der Waals surface area contributed by atoms with E-state index in [4.69, 9.17) is 0 Å². The predicted octanol–water partition coefficient (Wildman–Crippen LogP) is 0.589.